The van der Waals surface area contributed by atoms with Crippen molar-refractivity contribution in [1.29, 1.82) is 0 Å². The van der Waals surface area contributed by atoms with Crippen LogP contribution in [0, 0.1) is 5.41 Å². The lowest BCUT2D eigenvalue weighted by Crippen LogP contribution is -2.45. The number of aliphatic imine (C=N–C) groups is 1. The Labute approximate surface area is 170 Å². The molecule has 1 spiro atoms. The van der Waals surface area contributed by atoms with Gasteiger partial charge in [0.2, 0.25) is 5.91 Å². The van der Waals surface area contributed by atoms with Gasteiger partial charge in [-0.1, -0.05) is 32.1 Å². The van der Waals surface area contributed by atoms with Gasteiger partial charge in [0.25, 0.3) is 0 Å². The summed E-state index contributed by atoms with van der Waals surface area (Å²) in [6.07, 6.45) is 13.3. The number of hydrogen-bond donors (Lipinski definition) is 1. The fourth-order valence-electron chi connectivity index (χ4n) is 4.60. The number of nitrogens with one attached hydrogen (secondary N) is 1. The van der Waals surface area contributed by atoms with Gasteiger partial charge in [-0.25, -0.2) is 4.99 Å². The number of halogens is 1. The number of nitrogens with zero attached hydrogens (tertiary/aromatic N) is 3. The topological polar surface area (TPSA) is 47.9 Å². The highest BCUT2D eigenvalue weighted by atomic mass is 127. The number of guanidine groups is 1. The van der Waals surface area contributed by atoms with Crippen molar-refractivity contribution in [1.82, 2.24) is 15.1 Å². The molecule has 0 unspecified atom stereocenters. The zero-order chi connectivity index (χ0) is 17.0. The van der Waals surface area contributed by atoms with E-state index in [1.165, 1.54) is 64.2 Å². The van der Waals surface area contributed by atoms with Gasteiger partial charge in [-0.05, 0) is 37.5 Å². The minimum atomic E-state index is 0. The van der Waals surface area contributed by atoms with Crippen LogP contribution in [0.3, 0.4) is 0 Å². The van der Waals surface area contributed by atoms with E-state index in [-0.39, 0.29) is 36.4 Å². The van der Waals surface area contributed by atoms with Crippen LogP contribution in [-0.2, 0) is 4.79 Å². The number of rotatable bonds is 3. The molecule has 0 radical (unpaired) electrons. The highest BCUT2D eigenvalue weighted by Crippen LogP contribution is 2.43. The molecule has 1 amide bonds. The summed E-state index contributed by atoms with van der Waals surface area (Å²) in [6.45, 7) is 2.47. The highest BCUT2D eigenvalue weighted by Gasteiger charge is 2.40. The summed E-state index contributed by atoms with van der Waals surface area (Å²) in [5.41, 5.74) is 0.516. The smallest absolute Gasteiger partial charge is 0.243 e. The lowest BCUT2D eigenvalue weighted by atomic mass is 9.73. The Morgan fingerprint density at radius 2 is 1.80 bits per heavy atom. The van der Waals surface area contributed by atoms with Crippen LogP contribution in [0.1, 0.15) is 64.2 Å². The second-order valence-electron chi connectivity index (χ2n) is 8.29. The largest absolute Gasteiger partial charge is 0.353 e. The summed E-state index contributed by atoms with van der Waals surface area (Å²) >= 11 is 0. The predicted molar refractivity (Wildman–Crippen MR) is 114 cm³/mol. The Hall–Kier alpha value is -0.530. The molecule has 144 valence electrons. The summed E-state index contributed by atoms with van der Waals surface area (Å²) in [5, 5.41) is 3.68. The molecule has 1 heterocycles. The number of likely N-dealkylation sites (N-methyl/N-ethyl adjacent to an activating group) is 1. The van der Waals surface area contributed by atoms with Gasteiger partial charge in [-0.2, -0.15) is 0 Å². The first-order chi connectivity index (χ1) is 11.6. The van der Waals surface area contributed by atoms with E-state index in [0.29, 0.717) is 11.5 Å². The maximum atomic E-state index is 12.0. The molecule has 2 aliphatic carbocycles. The fraction of sp³-hybridized carbons (Fsp3) is 0.895. The maximum absolute atomic E-state index is 12.0. The summed E-state index contributed by atoms with van der Waals surface area (Å²) in [6, 6.07) is 0.543. The first-order valence-electron chi connectivity index (χ1n) is 9.84. The average molecular weight is 462 g/mol. The molecule has 0 aromatic rings. The van der Waals surface area contributed by atoms with Crippen LogP contribution in [0.4, 0.5) is 0 Å². The van der Waals surface area contributed by atoms with Crippen LogP contribution in [0.25, 0.3) is 0 Å². The Bertz CT molecular complexity index is 468. The van der Waals surface area contributed by atoms with Crippen LogP contribution in [0.5, 0.6) is 0 Å². The van der Waals surface area contributed by atoms with Crippen molar-refractivity contribution in [2.75, 3.05) is 33.7 Å². The Balaban J connectivity index is 0.00000225. The average Bonchev–Trinajstić information content (AvgIpc) is 3.22. The second kappa shape index (κ2) is 9.42. The zero-order valence-corrected chi connectivity index (χ0v) is 18.3. The van der Waals surface area contributed by atoms with Crippen molar-refractivity contribution in [3.05, 3.63) is 0 Å². The molecule has 6 heteroatoms. The molecule has 0 aromatic carbocycles. The third-order valence-electron chi connectivity index (χ3n) is 6.20. The SMILES string of the molecule is CN(C)C(=O)CN=C(NC1CCCC1)N1CCC2(CCCCC2)C1.I. The monoisotopic (exact) mass is 462 g/mol. The molecule has 2 saturated carbocycles. The van der Waals surface area contributed by atoms with E-state index in [0.717, 1.165) is 19.0 Å². The number of likely N-dealkylation sites (tertiary alicyclic amines) is 1. The highest BCUT2D eigenvalue weighted by molar-refractivity contribution is 14.0. The van der Waals surface area contributed by atoms with E-state index in [4.69, 9.17) is 4.99 Å². The number of carbonyl (C=O) groups excluding carboxylic acids is 1. The molecule has 0 aromatic heterocycles. The molecule has 3 aliphatic rings. The van der Waals surface area contributed by atoms with E-state index in [1.54, 1.807) is 19.0 Å². The quantitative estimate of drug-likeness (QED) is 0.398. The number of carbonyl (C=O) groups is 1. The van der Waals surface area contributed by atoms with Crippen LogP contribution < -0.4 is 5.32 Å². The Morgan fingerprint density at radius 1 is 1.12 bits per heavy atom. The van der Waals surface area contributed by atoms with Crippen LogP contribution in [0.15, 0.2) is 4.99 Å². The van der Waals surface area contributed by atoms with Crippen LogP contribution in [0.2, 0.25) is 0 Å². The van der Waals surface area contributed by atoms with Gasteiger partial charge in [-0.15, -0.1) is 24.0 Å². The molecule has 3 fully saturated rings. The van der Waals surface area contributed by atoms with Gasteiger partial charge >= 0.3 is 0 Å². The van der Waals surface area contributed by atoms with Crippen molar-refractivity contribution >= 4 is 35.8 Å². The third-order valence-corrected chi connectivity index (χ3v) is 6.20. The van der Waals surface area contributed by atoms with E-state index >= 15 is 0 Å². The van der Waals surface area contributed by atoms with Gasteiger partial charge in [0.05, 0.1) is 0 Å². The standard InChI is InChI=1S/C19H34N4O.HI/c1-22(2)17(24)14-20-18(21-16-8-4-5-9-16)23-13-12-19(15-23)10-6-3-7-11-19;/h16H,3-15H2,1-2H3,(H,20,21);1H. The summed E-state index contributed by atoms with van der Waals surface area (Å²) in [4.78, 5) is 20.7. The fourth-order valence-corrected chi connectivity index (χ4v) is 4.60. The molecule has 0 bridgehead atoms. The zero-order valence-electron chi connectivity index (χ0n) is 15.9. The molecular weight excluding hydrogens is 427 g/mol. The number of hydrogen-bond acceptors (Lipinski definition) is 2. The normalized spacial score (nSPS) is 23.6. The van der Waals surface area contributed by atoms with Crippen LogP contribution in [-0.4, -0.2) is 61.4 Å². The molecule has 3 rings (SSSR count). The van der Waals surface area contributed by atoms with Gasteiger partial charge < -0.3 is 15.1 Å². The summed E-state index contributed by atoms with van der Waals surface area (Å²) in [7, 11) is 3.60. The number of amides is 1. The van der Waals surface area contributed by atoms with Crippen molar-refractivity contribution in [3.63, 3.8) is 0 Å². The minimum absolute atomic E-state index is 0. The Kier molecular flexibility index (Phi) is 7.83. The molecular formula is C19H35IN4O. The Morgan fingerprint density at radius 3 is 2.44 bits per heavy atom. The first kappa shape index (κ1) is 20.8. The van der Waals surface area contributed by atoms with Crippen molar-refractivity contribution < 1.29 is 4.79 Å². The van der Waals surface area contributed by atoms with Crippen molar-refractivity contribution in [2.24, 2.45) is 10.4 Å². The van der Waals surface area contributed by atoms with E-state index in [2.05, 4.69) is 10.2 Å². The van der Waals surface area contributed by atoms with Crippen molar-refractivity contribution in [3.8, 4) is 0 Å². The third kappa shape index (κ3) is 5.47. The molecule has 25 heavy (non-hydrogen) atoms. The molecule has 5 nitrogen and oxygen atoms in total. The lowest BCUT2D eigenvalue weighted by molar-refractivity contribution is -0.127. The summed E-state index contributed by atoms with van der Waals surface area (Å²) in [5.74, 6) is 1.06. The van der Waals surface area contributed by atoms with Gasteiger partial charge in [0, 0.05) is 33.2 Å². The van der Waals surface area contributed by atoms with E-state index in [1.807, 2.05) is 0 Å². The minimum Gasteiger partial charge on any atom is -0.353 e. The van der Waals surface area contributed by atoms with E-state index < -0.39 is 0 Å². The van der Waals surface area contributed by atoms with Gasteiger partial charge in [0.15, 0.2) is 5.96 Å². The van der Waals surface area contributed by atoms with Gasteiger partial charge in [0.1, 0.15) is 6.54 Å². The molecule has 1 aliphatic heterocycles. The molecule has 1 N–H and O–H groups in total. The second-order valence-corrected chi connectivity index (χ2v) is 8.29. The van der Waals surface area contributed by atoms with E-state index in [9.17, 15) is 4.79 Å². The first-order valence-corrected chi connectivity index (χ1v) is 9.84. The van der Waals surface area contributed by atoms with Crippen molar-refractivity contribution in [2.45, 2.75) is 70.3 Å². The van der Waals surface area contributed by atoms with Gasteiger partial charge in [-0.3, -0.25) is 4.79 Å². The maximum Gasteiger partial charge on any atom is 0.243 e. The van der Waals surface area contributed by atoms with Crippen LogP contribution >= 0.6 is 24.0 Å². The predicted octanol–water partition coefficient (Wildman–Crippen LogP) is 3.24. The molecule has 1 saturated heterocycles. The summed E-state index contributed by atoms with van der Waals surface area (Å²) < 4.78 is 0. The lowest BCUT2D eigenvalue weighted by Gasteiger charge is -2.34. The molecule has 0 atom stereocenters.